The van der Waals surface area contributed by atoms with E-state index in [1.165, 1.54) is 0 Å². The molecule has 2 aliphatic rings. The molecule has 2 fully saturated rings. The summed E-state index contributed by atoms with van der Waals surface area (Å²) in [6.45, 7) is 11.7. The zero-order chi connectivity index (χ0) is 15.7. The maximum Gasteiger partial charge on any atom is 0.228 e. The smallest absolute Gasteiger partial charge is 0.228 e. The van der Waals surface area contributed by atoms with Gasteiger partial charge in [-0.25, -0.2) is 0 Å². The summed E-state index contributed by atoms with van der Waals surface area (Å²) in [4.78, 5) is 27.0. The highest BCUT2D eigenvalue weighted by Crippen LogP contribution is 2.66. The number of rotatable bonds is 1. The zero-order valence-electron chi connectivity index (χ0n) is 13.0. The molecule has 1 heterocycles. The minimum absolute atomic E-state index is 0.00330. The lowest BCUT2D eigenvalue weighted by molar-refractivity contribution is -0.147. The van der Waals surface area contributed by atoms with E-state index in [0.29, 0.717) is 6.54 Å². The molecule has 3 nitrogen and oxygen atoms in total. The van der Waals surface area contributed by atoms with Crippen molar-refractivity contribution in [1.29, 1.82) is 0 Å². The number of hydrogen-bond donors (Lipinski definition) is 0. The highest BCUT2D eigenvalue weighted by Gasteiger charge is 2.74. The quantitative estimate of drug-likeness (QED) is 0.695. The number of carbonyl (C=O) groups is 2. The Morgan fingerprint density at radius 1 is 1.05 bits per heavy atom. The second-order valence-electron chi connectivity index (χ2n) is 8.07. The van der Waals surface area contributed by atoms with Crippen molar-refractivity contribution in [3.8, 4) is 0 Å². The Morgan fingerprint density at radius 3 is 1.95 bits per heavy atom. The molecule has 0 spiro atoms. The van der Waals surface area contributed by atoms with Crippen LogP contribution < -0.4 is 0 Å². The van der Waals surface area contributed by atoms with Gasteiger partial charge in [-0.1, -0.05) is 41.5 Å². The molecule has 1 saturated carbocycles. The third kappa shape index (κ3) is 2.37. The number of alkyl halides is 2. The Labute approximate surface area is 131 Å². The average Bonchev–Trinajstić information content (AvgIpc) is 2.65. The highest BCUT2D eigenvalue weighted by atomic mass is 35.5. The van der Waals surface area contributed by atoms with E-state index in [1.54, 1.807) is 4.90 Å². The standard InChI is InChI=1S/C15H23Cl2NO2/c1-13(2,3)11(19)10-9-8(15(9,16)17)7-18(10)12(20)14(4,5)6/h8-10H,7H2,1-6H3/t8-,9-,10?/m0/s1. The molecule has 3 atom stereocenters. The molecule has 0 aromatic heterocycles. The van der Waals surface area contributed by atoms with Crippen LogP contribution in [-0.4, -0.2) is 33.5 Å². The first-order valence-electron chi connectivity index (χ1n) is 7.03. The summed E-state index contributed by atoms with van der Waals surface area (Å²) in [5.41, 5.74) is -1.02. The van der Waals surface area contributed by atoms with Crippen LogP contribution in [-0.2, 0) is 9.59 Å². The van der Waals surface area contributed by atoms with Crippen molar-refractivity contribution in [2.75, 3.05) is 6.54 Å². The summed E-state index contributed by atoms with van der Waals surface area (Å²) >= 11 is 12.5. The third-order valence-electron chi connectivity index (χ3n) is 4.24. The van der Waals surface area contributed by atoms with Crippen molar-refractivity contribution in [2.24, 2.45) is 22.7 Å². The van der Waals surface area contributed by atoms with Gasteiger partial charge in [0.25, 0.3) is 0 Å². The minimum atomic E-state index is -0.847. The summed E-state index contributed by atoms with van der Waals surface area (Å²) in [7, 11) is 0. The van der Waals surface area contributed by atoms with E-state index in [-0.39, 0.29) is 23.5 Å². The molecule has 1 aliphatic heterocycles. The fourth-order valence-corrected chi connectivity index (χ4v) is 3.82. The number of likely N-dealkylation sites (tertiary alicyclic amines) is 1. The average molecular weight is 320 g/mol. The van der Waals surface area contributed by atoms with Crippen molar-refractivity contribution in [3.63, 3.8) is 0 Å². The molecular weight excluding hydrogens is 297 g/mol. The number of piperidine rings is 1. The van der Waals surface area contributed by atoms with Crippen molar-refractivity contribution in [2.45, 2.75) is 51.9 Å². The second kappa shape index (κ2) is 4.36. The monoisotopic (exact) mass is 319 g/mol. The Morgan fingerprint density at radius 2 is 1.55 bits per heavy atom. The molecule has 0 radical (unpaired) electrons. The van der Waals surface area contributed by atoms with Crippen LogP contribution in [0.1, 0.15) is 41.5 Å². The summed E-state index contributed by atoms with van der Waals surface area (Å²) in [6.07, 6.45) is 0. The maximum absolute atomic E-state index is 12.7. The molecule has 114 valence electrons. The van der Waals surface area contributed by atoms with E-state index in [1.807, 2.05) is 41.5 Å². The van der Waals surface area contributed by atoms with E-state index in [9.17, 15) is 9.59 Å². The summed E-state index contributed by atoms with van der Waals surface area (Å²) in [5.74, 6) is -0.0560. The van der Waals surface area contributed by atoms with E-state index >= 15 is 0 Å². The summed E-state index contributed by atoms with van der Waals surface area (Å²) in [5, 5.41) is 0. The third-order valence-corrected chi connectivity index (χ3v) is 5.31. The van der Waals surface area contributed by atoms with Crippen LogP contribution >= 0.6 is 23.2 Å². The van der Waals surface area contributed by atoms with Crippen LogP contribution in [0, 0.1) is 22.7 Å². The van der Waals surface area contributed by atoms with Gasteiger partial charge < -0.3 is 4.90 Å². The Hall–Kier alpha value is -0.280. The second-order valence-corrected chi connectivity index (χ2v) is 9.52. The summed E-state index contributed by atoms with van der Waals surface area (Å²) in [6, 6.07) is -0.485. The van der Waals surface area contributed by atoms with E-state index in [0.717, 1.165) is 0 Å². The Bertz CT molecular complexity index is 459. The van der Waals surface area contributed by atoms with Crippen molar-refractivity contribution < 1.29 is 9.59 Å². The largest absolute Gasteiger partial charge is 0.331 e. The van der Waals surface area contributed by atoms with Gasteiger partial charge in [-0.3, -0.25) is 9.59 Å². The molecule has 0 aromatic rings. The molecule has 1 amide bonds. The number of amides is 1. The van der Waals surface area contributed by atoms with Gasteiger partial charge in [0.15, 0.2) is 5.78 Å². The summed E-state index contributed by atoms with van der Waals surface area (Å²) < 4.78 is -0.847. The van der Waals surface area contributed by atoms with Gasteiger partial charge in [0.05, 0.1) is 6.04 Å². The molecule has 0 bridgehead atoms. The van der Waals surface area contributed by atoms with Gasteiger partial charge in [0.2, 0.25) is 5.91 Å². The Balaban J connectivity index is 2.32. The minimum Gasteiger partial charge on any atom is -0.331 e. The Kier molecular flexibility index (Phi) is 3.51. The normalized spacial score (nSPS) is 32.0. The van der Waals surface area contributed by atoms with Gasteiger partial charge >= 0.3 is 0 Å². The molecule has 0 N–H and O–H groups in total. The van der Waals surface area contributed by atoms with Gasteiger partial charge in [-0.15, -0.1) is 23.2 Å². The van der Waals surface area contributed by atoms with Gasteiger partial charge in [0.1, 0.15) is 4.33 Å². The van der Waals surface area contributed by atoms with E-state index in [2.05, 4.69) is 0 Å². The molecule has 1 saturated heterocycles. The fourth-order valence-electron chi connectivity index (χ4n) is 2.99. The zero-order valence-corrected chi connectivity index (χ0v) is 14.5. The van der Waals surface area contributed by atoms with Crippen LogP contribution in [0.15, 0.2) is 0 Å². The first-order valence-corrected chi connectivity index (χ1v) is 7.78. The van der Waals surface area contributed by atoms with Crippen LogP contribution in [0.3, 0.4) is 0 Å². The van der Waals surface area contributed by atoms with Crippen molar-refractivity contribution in [1.82, 2.24) is 4.90 Å². The van der Waals surface area contributed by atoms with Crippen molar-refractivity contribution >= 4 is 34.9 Å². The predicted octanol–water partition coefficient (Wildman–Crippen LogP) is 3.28. The molecule has 1 unspecified atom stereocenters. The molecule has 5 heteroatoms. The molecule has 20 heavy (non-hydrogen) atoms. The van der Waals surface area contributed by atoms with Crippen LogP contribution in [0.2, 0.25) is 0 Å². The van der Waals surface area contributed by atoms with Crippen LogP contribution in [0.4, 0.5) is 0 Å². The van der Waals surface area contributed by atoms with Gasteiger partial charge in [-0.2, -0.15) is 0 Å². The van der Waals surface area contributed by atoms with Crippen LogP contribution in [0.5, 0.6) is 0 Å². The number of hydrogen-bond acceptors (Lipinski definition) is 2. The predicted molar refractivity (Wildman–Crippen MR) is 80.8 cm³/mol. The van der Waals surface area contributed by atoms with E-state index in [4.69, 9.17) is 23.2 Å². The number of fused-ring (bicyclic) bond motifs is 1. The van der Waals surface area contributed by atoms with Gasteiger partial charge in [0, 0.05) is 29.2 Å². The number of halogens is 2. The fraction of sp³-hybridized carbons (Fsp3) is 0.867. The lowest BCUT2D eigenvalue weighted by atomic mass is 9.83. The van der Waals surface area contributed by atoms with Gasteiger partial charge in [-0.05, 0) is 0 Å². The van der Waals surface area contributed by atoms with Crippen LogP contribution in [0.25, 0.3) is 0 Å². The SMILES string of the molecule is CC(C)(C)C(=O)C1[C@@H]2[C@H](CN1C(=O)C(C)(C)C)C2(Cl)Cl. The lowest BCUT2D eigenvalue weighted by Crippen LogP contribution is -2.52. The molecule has 2 rings (SSSR count). The first kappa shape index (κ1) is 16.1. The lowest BCUT2D eigenvalue weighted by Gasteiger charge is -2.36. The van der Waals surface area contributed by atoms with E-state index < -0.39 is 21.2 Å². The topological polar surface area (TPSA) is 37.4 Å². The number of Topliss-reactive ketones (excluding diaryl/α,β-unsaturated/α-hetero) is 1. The number of nitrogens with zero attached hydrogens (tertiary/aromatic N) is 1. The number of carbonyl (C=O) groups excluding carboxylic acids is 2. The number of ketones is 1. The maximum atomic E-state index is 12.7. The molecule has 0 aromatic carbocycles. The molecule has 1 aliphatic carbocycles. The highest BCUT2D eigenvalue weighted by molar-refractivity contribution is 6.51. The first-order chi connectivity index (χ1) is 8.79. The molecular formula is C15H23Cl2NO2. The van der Waals surface area contributed by atoms with Crippen molar-refractivity contribution in [3.05, 3.63) is 0 Å².